The van der Waals surface area contributed by atoms with Gasteiger partial charge in [-0.1, -0.05) is 103 Å². The van der Waals surface area contributed by atoms with Gasteiger partial charge in [-0.2, -0.15) is 0 Å². The van der Waals surface area contributed by atoms with Crippen molar-refractivity contribution in [3.05, 3.63) is 0 Å². The zero-order chi connectivity index (χ0) is 19.3. The normalized spacial score (nSPS) is 11.0. The van der Waals surface area contributed by atoms with Crippen molar-refractivity contribution in [3.8, 4) is 0 Å². The van der Waals surface area contributed by atoms with Gasteiger partial charge in [0, 0.05) is 12.8 Å². The molecule has 0 rings (SSSR count). The second-order valence-corrected chi connectivity index (χ2v) is 7.96. The Balaban J connectivity index is 3.01. The molecular formula is C23H44O3. The number of Topliss-reactive ketones (excluding diaryl/α,β-unsaturated/α-hetero) is 1. The molecule has 0 fully saturated rings. The molecule has 0 amide bonds. The van der Waals surface area contributed by atoms with Gasteiger partial charge >= 0.3 is 5.97 Å². The number of hydrogen-bond acceptors (Lipinski definition) is 2. The maximum absolute atomic E-state index is 10.8. The van der Waals surface area contributed by atoms with Crippen molar-refractivity contribution in [1.82, 2.24) is 0 Å². The summed E-state index contributed by atoms with van der Waals surface area (Å²) >= 11 is 0. The fraction of sp³-hybridized carbons (Fsp3) is 0.913. The van der Waals surface area contributed by atoms with Crippen LogP contribution in [-0.4, -0.2) is 16.9 Å². The third-order valence-electron chi connectivity index (χ3n) is 5.17. The van der Waals surface area contributed by atoms with E-state index in [0.29, 0.717) is 12.2 Å². The van der Waals surface area contributed by atoms with Crippen molar-refractivity contribution >= 4 is 11.8 Å². The first-order valence-electron chi connectivity index (χ1n) is 11.3. The number of aliphatic carboxylic acids is 1. The fourth-order valence-corrected chi connectivity index (χ4v) is 3.48. The number of carboxylic acid groups (broad SMARTS) is 1. The molecule has 0 aliphatic heterocycles. The van der Waals surface area contributed by atoms with Crippen molar-refractivity contribution in [2.24, 2.45) is 0 Å². The number of ketones is 1. The lowest BCUT2D eigenvalue weighted by atomic mass is 10.0. The van der Waals surface area contributed by atoms with E-state index in [9.17, 15) is 9.59 Å². The van der Waals surface area contributed by atoms with E-state index in [0.717, 1.165) is 25.7 Å². The molecule has 3 heteroatoms. The van der Waals surface area contributed by atoms with E-state index < -0.39 is 5.97 Å². The Hall–Kier alpha value is -0.860. The SMILES string of the molecule is CC(=O)CCCCCCCCCCCCCCCCCCCCC(=O)O. The van der Waals surface area contributed by atoms with Gasteiger partial charge in [-0.05, 0) is 19.8 Å². The second kappa shape index (κ2) is 20.5. The van der Waals surface area contributed by atoms with Crippen LogP contribution in [-0.2, 0) is 9.59 Å². The Bertz CT molecular complexity index is 293. The highest BCUT2D eigenvalue weighted by molar-refractivity contribution is 5.75. The van der Waals surface area contributed by atoms with Gasteiger partial charge in [0.2, 0.25) is 0 Å². The summed E-state index contributed by atoms with van der Waals surface area (Å²) < 4.78 is 0. The molecule has 154 valence electrons. The van der Waals surface area contributed by atoms with Crippen LogP contribution in [0.1, 0.15) is 135 Å². The molecular weight excluding hydrogens is 324 g/mol. The van der Waals surface area contributed by atoms with Gasteiger partial charge < -0.3 is 9.90 Å². The van der Waals surface area contributed by atoms with Crippen LogP contribution in [0.5, 0.6) is 0 Å². The topological polar surface area (TPSA) is 54.4 Å². The number of carbonyl (C=O) groups is 2. The lowest BCUT2D eigenvalue weighted by Gasteiger charge is -2.04. The molecule has 0 atom stereocenters. The van der Waals surface area contributed by atoms with Crippen LogP contribution in [0.2, 0.25) is 0 Å². The summed E-state index contributed by atoms with van der Waals surface area (Å²) in [5.74, 6) is -0.330. The Morgan fingerprint density at radius 3 is 0.923 bits per heavy atom. The molecule has 0 aromatic carbocycles. The molecule has 1 N–H and O–H groups in total. The molecule has 26 heavy (non-hydrogen) atoms. The zero-order valence-corrected chi connectivity index (χ0v) is 17.4. The molecule has 3 nitrogen and oxygen atoms in total. The summed E-state index contributed by atoms with van der Waals surface area (Å²) in [4.78, 5) is 21.2. The summed E-state index contributed by atoms with van der Waals surface area (Å²) in [5, 5.41) is 8.56. The first-order chi connectivity index (χ1) is 12.6. The zero-order valence-electron chi connectivity index (χ0n) is 17.4. The predicted octanol–water partition coefficient (Wildman–Crippen LogP) is 7.46. The number of carbonyl (C=O) groups excluding carboxylic acids is 1. The monoisotopic (exact) mass is 368 g/mol. The van der Waals surface area contributed by atoms with Crippen molar-refractivity contribution in [2.75, 3.05) is 0 Å². The van der Waals surface area contributed by atoms with Crippen molar-refractivity contribution in [3.63, 3.8) is 0 Å². The Morgan fingerprint density at radius 2 is 0.692 bits per heavy atom. The van der Waals surface area contributed by atoms with Crippen LogP contribution < -0.4 is 0 Å². The maximum Gasteiger partial charge on any atom is 0.303 e. The van der Waals surface area contributed by atoms with Gasteiger partial charge in [0.1, 0.15) is 5.78 Å². The standard InChI is InChI=1S/C23H44O3/c1-22(24)20-18-16-14-12-10-8-6-4-2-3-5-7-9-11-13-15-17-19-21-23(25)26/h2-21H2,1H3,(H,25,26). The van der Waals surface area contributed by atoms with E-state index >= 15 is 0 Å². The molecule has 0 heterocycles. The molecule has 0 saturated heterocycles. The number of carboxylic acids is 1. The van der Waals surface area contributed by atoms with E-state index in [2.05, 4.69) is 0 Å². The molecule has 0 bridgehead atoms. The third kappa shape index (κ3) is 23.1. The van der Waals surface area contributed by atoms with Crippen LogP contribution in [0.15, 0.2) is 0 Å². The smallest absolute Gasteiger partial charge is 0.303 e. The highest BCUT2D eigenvalue weighted by Crippen LogP contribution is 2.14. The first-order valence-corrected chi connectivity index (χ1v) is 11.3. The van der Waals surface area contributed by atoms with Crippen LogP contribution in [0, 0.1) is 0 Å². The van der Waals surface area contributed by atoms with E-state index in [-0.39, 0.29) is 0 Å². The molecule has 0 saturated carbocycles. The Kier molecular flexibility index (Phi) is 19.8. The van der Waals surface area contributed by atoms with E-state index in [1.807, 2.05) is 0 Å². The highest BCUT2D eigenvalue weighted by atomic mass is 16.4. The third-order valence-corrected chi connectivity index (χ3v) is 5.17. The molecule has 0 unspecified atom stereocenters. The molecule has 0 aromatic rings. The van der Waals surface area contributed by atoms with Gasteiger partial charge in [-0.15, -0.1) is 0 Å². The highest BCUT2D eigenvalue weighted by Gasteiger charge is 1.97. The van der Waals surface area contributed by atoms with E-state index in [1.54, 1.807) is 6.92 Å². The first kappa shape index (κ1) is 25.1. The summed E-state index contributed by atoms with van der Waals surface area (Å²) in [7, 11) is 0. The summed E-state index contributed by atoms with van der Waals surface area (Å²) in [5.41, 5.74) is 0. The lowest BCUT2D eigenvalue weighted by Crippen LogP contribution is -1.93. The number of hydrogen-bond donors (Lipinski definition) is 1. The largest absolute Gasteiger partial charge is 0.481 e. The quantitative estimate of drug-likeness (QED) is 0.214. The Morgan fingerprint density at radius 1 is 0.462 bits per heavy atom. The van der Waals surface area contributed by atoms with Crippen molar-refractivity contribution in [1.29, 1.82) is 0 Å². The predicted molar refractivity (Wildman–Crippen MR) is 111 cm³/mol. The average Bonchev–Trinajstić information content (AvgIpc) is 2.59. The van der Waals surface area contributed by atoms with Crippen molar-refractivity contribution in [2.45, 2.75) is 135 Å². The lowest BCUT2D eigenvalue weighted by molar-refractivity contribution is -0.137. The van der Waals surface area contributed by atoms with Gasteiger partial charge in [0.05, 0.1) is 0 Å². The van der Waals surface area contributed by atoms with Gasteiger partial charge in [0.25, 0.3) is 0 Å². The molecule has 0 spiro atoms. The maximum atomic E-state index is 10.8. The molecule has 0 aliphatic rings. The molecule has 0 aromatic heterocycles. The van der Waals surface area contributed by atoms with Gasteiger partial charge in [-0.3, -0.25) is 4.79 Å². The van der Waals surface area contributed by atoms with Crippen molar-refractivity contribution < 1.29 is 14.7 Å². The van der Waals surface area contributed by atoms with Gasteiger partial charge in [-0.25, -0.2) is 0 Å². The van der Waals surface area contributed by atoms with Crippen LogP contribution in [0.25, 0.3) is 0 Å². The number of rotatable bonds is 21. The Labute approximate surface area is 162 Å². The van der Waals surface area contributed by atoms with E-state index in [1.165, 1.54) is 96.3 Å². The fourth-order valence-electron chi connectivity index (χ4n) is 3.48. The molecule has 0 aliphatic carbocycles. The minimum absolute atomic E-state index is 0.331. The number of unbranched alkanes of at least 4 members (excludes halogenated alkanes) is 17. The van der Waals surface area contributed by atoms with Crippen LogP contribution in [0.4, 0.5) is 0 Å². The average molecular weight is 369 g/mol. The minimum atomic E-state index is -0.661. The van der Waals surface area contributed by atoms with Crippen LogP contribution >= 0.6 is 0 Å². The summed E-state index contributed by atoms with van der Waals surface area (Å²) in [6, 6.07) is 0. The van der Waals surface area contributed by atoms with E-state index in [4.69, 9.17) is 5.11 Å². The summed E-state index contributed by atoms with van der Waals surface area (Å²) in [6.07, 6.45) is 24.2. The minimum Gasteiger partial charge on any atom is -0.481 e. The van der Waals surface area contributed by atoms with Crippen LogP contribution in [0.3, 0.4) is 0 Å². The van der Waals surface area contributed by atoms with Gasteiger partial charge in [0.15, 0.2) is 0 Å². The second-order valence-electron chi connectivity index (χ2n) is 7.96. The molecule has 0 radical (unpaired) electrons. The summed E-state index contributed by atoms with van der Waals surface area (Å²) in [6.45, 7) is 1.69.